The van der Waals surface area contributed by atoms with Crippen LogP contribution in [0.3, 0.4) is 0 Å². The number of rotatable bonds is 10. The molecule has 0 heterocycles. The summed E-state index contributed by atoms with van der Waals surface area (Å²) in [7, 11) is 0. The number of allylic oxidation sites excluding steroid dienone is 1. The van der Waals surface area contributed by atoms with Crippen molar-refractivity contribution < 1.29 is 28.6 Å². The quantitative estimate of drug-likeness (QED) is 0.143. The van der Waals surface area contributed by atoms with Crippen LogP contribution in [0, 0.1) is 46.3 Å². The van der Waals surface area contributed by atoms with E-state index in [2.05, 4.69) is 40.7 Å². The van der Waals surface area contributed by atoms with Crippen LogP contribution in [0.4, 0.5) is 0 Å². The molecule has 0 bridgehead atoms. The first-order chi connectivity index (χ1) is 23.4. The van der Waals surface area contributed by atoms with Gasteiger partial charge in [-0.25, -0.2) is 9.59 Å². The highest BCUT2D eigenvalue weighted by molar-refractivity contribution is 5.90. The first kappa shape index (κ1) is 35.4. The molecule has 0 spiro atoms. The Hall–Kier alpha value is -3.41. The van der Waals surface area contributed by atoms with Crippen molar-refractivity contribution in [2.75, 3.05) is 0 Å². The van der Waals surface area contributed by atoms with E-state index < -0.39 is 0 Å². The monoisotopic (exact) mass is 668 g/mol. The van der Waals surface area contributed by atoms with Gasteiger partial charge in [0.2, 0.25) is 0 Å². The molecular formula is C43H56O6. The molecule has 264 valence electrons. The van der Waals surface area contributed by atoms with Gasteiger partial charge in [0.25, 0.3) is 0 Å². The third-order valence-electron chi connectivity index (χ3n) is 13.4. The Labute approximate surface area is 293 Å². The van der Waals surface area contributed by atoms with Crippen LogP contribution in [0.5, 0.6) is 0 Å². The van der Waals surface area contributed by atoms with Crippen molar-refractivity contribution in [3.63, 3.8) is 0 Å². The molecule has 6 heteroatoms. The molecule has 0 radical (unpaired) electrons. The minimum absolute atomic E-state index is 0.0990. The van der Waals surface area contributed by atoms with E-state index in [-0.39, 0.29) is 53.0 Å². The molecule has 10 atom stereocenters. The molecule has 0 unspecified atom stereocenters. The van der Waals surface area contributed by atoms with Crippen molar-refractivity contribution in [1.82, 2.24) is 0 Å². The molecular weight excluding hydrogens is 612 g/mol. The fourth-order valence-corrected chi connectivity index (χ4v) is 10.8. The SMILES string of the molecule is CC(=O)O[C@H]1C[C@H](OC(=O)c2ccccc2)CC2=CC[C@H]3[C@@H]4CC[C@H]([C@H](C)CC[C@H](OC(=O)c5ccccc5)C(C)C)[C@@]4(C)CC[C@@H]3[C@]21C. The largest absolute Gasteiger partial charge is 0.461 e. The lowest BCUT2D eigenvalue weighted by atomic mass is 9.46. The van der Waals surface area contributed by atoms with E-state index in [4.69, 9.17) is 14.2 Å². The fourth-order valence-electron chi connectivity index (χ4n) is 10.8. The van der Waals surface area contributed by atoms with E-state index >= 15 is 0 Å². The molecule has 3 saturated carbocycles. The summed E-state index contributed by atoms with van der Waals surface area (Å²) in [5.41, 5.74) is 2.45. The Morgan fingerprint density at radius 2 is 1.47 bits per heavy atom. The average Bonchev–Trinajstić information content (AvgIpc) is 3.44. The van der Waals surface area contributed by atoms with E-state index in [1.807, 2.05) is 48.5 Å². The minimum atomic E-state index is -0.321. The molecule has 0 amide bonds. The molecule has 4 aliphatic rings. The van der Waals surface area contributed by atoms with Crippen LogP contribution in [0.25, 0.3) is 0 Å². The Morgan fingerprint density at radius 1 is 0.816 bits per heavy atom. The molecule has 2 aromatic carbocycles. The molecule has 0 saturated heterocycles. The number of ether oxygens (including phenoxy) is 3. The van der Waals surface area contributed by atoms with Gasteiger partial charge in [0.05, 0.1) is 11.1 Å². The van der Waals surface area contributed by atoms with E-state index in [0.29, 0.717) is 53.6 Å². The Bertz CT molecular complexity index is 1520. The van der Waals surface area contributed by atoms with Gasteiger partial charge >= 0.3 is 17.9 Å². The van der Waals surface area contributed by atoms with Crippen LogP contribution in [-0.4, -0.2) is 36.2 Å². The van der Waals surface area contributed by atoms with Crippen molar-refractivity contribution >= 4 is 17.9 Å². The second-order valence-electron chi connectivity index (χ2n) is 16.4. The van der Waals surface area contributed by atoms with Crippen LogP contribution in [0.2, 0.25) is 0 Å². The number of fused-ring (bicyclic) bond motifs is 5. The first-order valence-electron chi connectivity index (χ1n) is 18.8. The summed E-state index contributed by atoms with van der Waals surface area (Å²) in [5.74, 6) is 2.20. The number of carbonyl (C=O) groups excluding carboxylic acids is 3. The standard InChI is InChI=1S/C43H56O6/c1-27(2)38(49-41(46)31-15-11-8-12-16-31)22-17-28(3)35-20-21-36-34-19-18-32-25-33(48-40(45)30-13-9-7-10-14-30)26-39(47-29(4)44)43(32,6)37(34)23-24-42(35,36)5/h7-16,18,27-28,33-39H,17,19-26H2,1-6H3/t28-,33-,34+,35-,36+,37+,38+,39+,42-,43+/m1/s1. The molecule has 0 aliphatic heterocycles. The Morgan fingerprint density at radius 3 is 2.10 bits per heavy atom. The van der Waals surface area contributed by atoms with Crippen molar-refractivity contribution in [3.8, 4) is 0 Å². The molecule has 0 N–H and O–H groups in total. The van der Waals surface area contributed by atoms with Crippen molar-refractivity contribution in [2.45, 2.75) is 118 Å². The summed E-state index contributed by atoms with van der Waals surface area (Å²) in [4.78, 5) is 38.4. The first-order valence-corrected chi connectivity index (χ1v) is 18.8. The van der Waals surface area contributed by atoms with Crippen LogP contribution >= 0.6 is 0 Å². The highest BCUT2D eigenvalue weighted by Gasteiger charge is 2.62. The van der Waals surface area contributed by atoms with Gasteiger partial charge in [-0.15, -0.1) is 0 Å². The molecule has 49 heavy (non-hydrogen) atoms. The van der Waals surface area contributed by atoms with Crippen molar-refractivity contribution in [3.05, 3.63) is 83.4 Å². The lowest BCUT2D eigenvalue weighted by Crippen LogP contribution is -2.57. The molecule has 6 nitrogen and oxygen atoms in total. The zero-order valence-electron chi connectivity index (χ0n) is 30.4. The van der Waals surface area contributed by atoms with Gasteiger partial charge in [0, 0.05) is 25.2 Å². The molecule has 3 fully saturated rings. The van der Waals surface area contributed by atoms with Crippen LogP contribution in [0.15, 0.2) is 72.3 Å². The minimum Gasteiger partial charge on any atom is -0.461 e. The Kier molecular flexibility index (Phi) is 10.4. The van der Waals surface area contributed by atoms with Gasteiger partial charge in [0.15, 0.2) is 0 Å². The molecule has 2 aromatic rings. The van der Waals surface area contributed by atoms with E-state index in [0.717, 1.165) is 25.7 Å². The summed E-state index contributed by atoms with van der Waals surface area (Å²) < 4.78 is 18.2. The van der Waals surface area contributed by atoms with Gasteiger partial charge in [-0.2, -0.15) is 0 Å². The predicted molar refractivity (Wildman–Crippen MR) is 191 cm³/mol. The number of carbonyl (C=O) groups is 3. The van der Waals surface area contributed by atoms with Gasteiger partial charge in [-0.1, -0.05) is 82.7 Å². The van der Waals surface area contributed by atoms with Gasteiger partial charge in [-0.3, -0.25) is 4.79 Å². The number of benzene rings is 2. The maximum absolute atomic E-state index is 13.0. The van der Waals surface area contributed by atoms with E-state index in [1.54, 1.807) is 12.1 Å². The third kappa shape index (κ3) is 6.99. The maximum Gasteiger partial charge on any atom is 0.338 e. The predicted octanol–water partition coefficient (Wildman–Crippen LogP) is 9.63. The average molecular weight is 669 g/mol. The fraction of sp³-hybridized carbons (Fsp3) is 0.605. The lowest BCUT2D eigenvalue weighted by Gasteiger charge is -2.60. The van der Waals surface area contributed by atoms with Crippen LogP contribution in [0.1, 0.15) is 120 Å². The number of hydrogen-bond donors (Lipinski definition) is 0. The summed E-state index contributed by atoms with van der Waals surface area (Å²) in [6.07, 6.45) is 10.6. The van der Waals surface area contributed by atoms with Crippen LogP contribution < -0.4 is 0 Å². The summed E-state index contributed by atoms with van der Waals surface area (Å²) in [6.45, 7) is 13.1. The number of esters is 3. The van der Waals surface area contributed by atoms with Crippen molar-refractivity contribution in [1.29, 1.82) is 0 Å². The van der Waals surface area contributed by atoms with E-state index in [1.165, 1.54) is 31.8 Å². The Balaban J connectivity index is 1.15. The topological polar surface area (TPSA) is 78.9 Å². The van der Waals surface area contributed by atoms with Crippen molar-refractivity contribution in [2.24, 2.45) is 46.3 Å². The zero-order valence-corrected chi connectivity index (χ0v) is 30.4. The summed E-state index contributed by atoms with van der Waals surface area (Å²) in [5, 5.41) is 0. The van der Waals surface area contributed by atoms with Crippen LogP contribution in [-0.2, 0) is 19.0 Å². The van der Waals surface area contributed by atoms with Gasteiger partial charge in [-0.05, 0) is 110 Å². The summed E-state index contributed by atoms with van der Waals surface area (Å²) >= 11 is 0. The van der Waals surface area contributed by atoms with E-state index in [9.17, 15) is 14.4 Å². The summed E-state index contributed by atoms with van der Waals surface area (Å²) in [6, 6.07) is 18.5. The molecule has 4 aliphatic carbocycles. The third-order valence-corrected chi connectivity index (χ3v) is 13.4. The second kappa shape index (κ2) is 14.4. The molecule has 6 rings (SSSR count). The normalized spacial score (nSPS) is 33.2. The second-order valence-corrected chi connectivity index (χ2v) is 16.4. The van der Waals surface area contributed by atoms with Gasteiger partial charge in [0.1, 0.15) is 18.3 Å². The van der Waals surface area contributed by atoms with Gasteiger partial charge < -0.3 is 14.2 Å². The lowest BCUT2D eigenvalue weighted by molar-refractivity contribution is -0.167. The number of hydrogen-bond acceptors (Lipinski definition) is 6. The smallest absolute Gasteiger partial charge is 0.338 e. The highest BCUT2D eigenvalue weighted by Crippen LogP contribution is 2.67. The molecule has 0 aromatic heterocycles. The maximum atomic E-state index is 13.0. The highest BCUT2D eigenvalue weighted by atomic mass is 16.6. The zero-order chi connectivity index (χ0) is 34.9.